The lowest BCUT2D eigenvalue weighted by Gasteiger charge is -2.37. The van der Waals surface area contributed by atoms with Crippen LogP contribution in [0.25, 0.3) is 0 Å². The number of fused-ring (bicyclic) bond motifs is 1. The van der Waals surface area contributed by atoms with Gasteiger partial charge in [0.2, 0.25) is 0 Å². The summed E-state index contributed by atoms with van der Waals surface area (Å²) >= 11 is 0. The van der Waals surface area contributed by atoms with Crippen molar-refractivity contribution in [2.45, 2.75) is 39.7 Å². The number of aryl methyl sites for hydroxylation is 2. The van der Waals surface area contributed by atoms with Crippen LogP contribution >= 0.6 is 0 Å². The number of ether oxygens (including phenoxy) is 2. The summed E-state index contributed by atoms with van der Waals surface area (Å²) in [6.07, 6.45) is 2.48. The summed E-state index contributed by atoms with van der Waals surface area (Å²) in [5.41, 5.74) is 4.35. The van der Waals surface area contributed by atoms with Gasteiger partial charge in [0.15, 0.2) is 5.75 Å². The van der Waals surface area contributed by atoms with E-state index in [0.29, 0.717) is 25.0 Å². The van der Waals surface area contributed by atoms with Gasteiger partial charge >= 0.3 is 0 Å². The number of rotatable bonds is 5. The number of hydrogen-bond acceptors (Lipinski definition) is 6. The molecule has 1 unspecified atom stereocenters. The van der Waals surface area contributed by atoms with E-state index in [1.54, 1.807) is 0 Å². The molecule has 4 heterocycles. The predicted octanol–water partition coefficient (Wildman–Crippen LogP) is 3.75. The van der Waals surface area contributed by atoms with E-state index in [9.17, 15) is 0 Å². The van der Waals surface area contributed by atoms with Gasteiger partial charge in [0, 0.05) is 36.2 Å². The van der Waals surface area contributed by atoms with Gasteiger partial charge in [0.05, 0.1) is 5.69 Å². The molecule has 2 aromatic rings. The van der Waals surface area contributed by atoms with Crippen molar-refractivity contribution in [1.29, 1.82) is 0 Å². The molecule has 1 N–H and O–H groups in total. The zero-order valence-electron chi connectivity index (χ0n) is 17.1. The van der Waals surface area contributed by atoms with Crippen LogP contribution in [0, 0.1) is 19.8 Å². The fourth-order valence-electron chi connectivity index (χ4n) is 4.18. The average molecular weight is 383 g/mol. The van der Waals surface area contributed by atoms with Gasteiger partial charge in [-0.1, -0.05) is 0 Å². The van der Waals surface area contributed by atoms with Crippen molar-refractivity contribution in [3.8, 4) is 11.6 Å². The second-order valence-electron chi connectivity index (χ2n) is 7.93. The highest BCUT2D eigenvalue weighted by Gasteiger charge is 2.26. The first-order valence-corrected chi connectivity index (χ1v) is 10.3. The van der Waals surface area contributed by atoms with Crippen LogP contribution in [0.15, 0.2) is 24.3 Å². The second-order valence-corrected chi connectivity index (χ2v) is 7.93. The molecule has 28 heavy (non-hydrogen) atoms. The quantitative estimate of drug-likeness (QED) is 0.850. The summed E-state index contributed by atoms with van der Waals surface area (Å²) in [6, 6.07) is 8.57. The zero-order valence-corrected chi connectivity index (χ0v) is 17.1. The molecule has 2 atom stereocenters. The topological polar surface area (TPSA) is 59.5 Å². The Morgan fingerprint density at radius 3 is 2.75 bits per heavy atom. The molecule has 150 valence electrons. The van der Waals surface area contributed by atoms with Gasteiger partial charge in [0.25, 0.3) is 5.88 Å². The van der Waals surface area contributed by atoms with E-state index in [-0.39, 0.29) is 6.04 Å². The lowest BCUT2D eigenvalue weighted by atomic mass is 9.96. The van der Waals surface area contributed by atoms with Crippen molar-refractivity contribution in [2.75, 3.05) is 38.2 Å². The van der Waals surface area contributed by atoms with Crippen LogP contribution in [0.1, 0.15) is 42.9 Å². The normalized spacial score (nSPS) is 20.6. The van der Waals surface area contributed by atoms with Gasteiger partial charge in [-0.05, 0) is 70.3 Å². The Bertz CT molecular complexity index is 806. The predicted molar refractivity (Wildman–Crippen MR) is 110 cm³/mol. The number of piperidine rings is 1. The molecule has 0 aromatic carbocycles. The molecular weight excluding hydrogens is 352 g/mol. The molecule has 2 aliphatic rings. The van der Waals surface area contributed by atoms with Crippen LogP contribution in [0.3, 0.4) is 0 Å². The molecule has 2 aliphatic heterocycles. The van der Waals surface area contributed by atoms with Gasteiger partial charge in [-0.25, -0.2) is 4.98 Å². The SMILES string of the molecule is Cc1cc(NC[C@H]2CCCN(C(C)c3ccc4c(n3)OCCO4)C2)cc(C)n1. The van der Waals surface area contributed by atoms with Crippen molar-refractivity contribution in [3.05, 3.63) is 41.3 Å². The maximum Gasteiger partial charge on any atom is 0.257 e. The van der Waals surface area contributed by atoms with E-state index >= 15 is 0 Å². The van der Waals surface area contributed by atoms with Gasteiger partial charge in [-0.3, -0.25) is 9.88 Å². The fraction of sp³-hybridized carbons (Fsp3) is 0.545. The Kier molecular flexibility index (Phi) is 5.67. The van der Waals surface area contributed by atoms with E-state index in [1.165, 1.54) is 18.5 Å². The van der Waals surface area contributed by atoms with Crippen molar-refractivity contribution >= 4 is 5.69 Å². The van der Waals surface area contributed by atoms with Gasteiger partial charge in [-0.2, -0.15) is 0 Å². The highest BCUT2D eigenvalue weighted by atomic mass is 16.6. The smallest absolute Gasteiger partial charge is 0.257 e. The van der Waals surface area contributed by atoms with Crippen LogP contribution in [0.2, 0.25) is 0 Å². The Morgan fingerprint density at radius 2 is 1.93 bits per heavy atom. The minimum atomic E-state index is 0.268. The van der Waals surface area contributed by atoms with Crippen LogP contribution in [-0.2, 0) is 0 Å². The zero-order chi connectivity index (χ0) is 19.5. The molecule has 1 fully saturated rings. The lowest BCUT2D eigenvalue weighted by Crippen LogP contribution is -2.39. The molecule has 0 amide bonds. The van der Waals surface area contributed by atoms with E-state index in [4.69, 9.17) is 14.5 Å². The summed E-state index contributed by atoms with van der Waals surface area (Å²) in [5, 5.41) is 3.62. The number of aromatic nitrogens is 2. The molecule has 2 aromatic heterocycles. The standard InChI is InChI=1S/C22H30N4O2/c1-15-11-19(12-16(2)24-15)23-13-18-5-4-8-26(14-18)17(3)20-6-7-21-22(25-20)28-10-9-27-21/h6-7,11-12,17-18H,4-5,8-10,13-14H2,1-3H3,(H,23,24)/t17?,18-/m1/s1. The highest BCUT2D eigenvalue weighted by Crippen LogP contribution is 2.32. The van der Waals surface area contributed by atoms with E-state index < -0.39 is 0 Å². The molecular formula is C22H30N4O2. The summed E-state index contributed by atoms with van der Waals surface area (Å²) < 4.78 is 11.3. The number of nitrogens with one attached hydrogen (secondary N) is 1. The first-order chi connectivity index (χ1) is 13.6. The van der Waals surface area contributed by atoms with Crippen LogP contribution in [-0.4, -0.2) is 47.7 Å². The summed E-state index contributed by atoms with van der Waals surface area (Å²) in [4.78, 5) is 11.7. The molecule has 0 saturated carbocycles. The second kappa shape index (κ2) is 8.35. The third kappa shape index (κ3) is 4.38. The Morgan fingerprint density at radius 1 is 1.14 bits per heavy atom. The van der Waals surface area contributed by atoms with Gasteiger partial charge in [-0.15, -0.1) is 0 Å². The van der Waals surface area contributed by atoms with E-state index in [2.05, 4.69) is 40.3 Å². The van der Waals surface area contributed by atoms with Crippen LogP contribution < -0.4 is 14.8 Å². The molecule has 1 saturated heterocycles. The van der Waals surface area contributed by atoms with Gasteiger partial charge in [0.1, 0.15) is 13.2 Å². The van der Waals surface area contributed by atoms with E-state index in [1.807, 2.05) is 19.9 Å². The lowest BCUT2D eigenvalue weighted by molar-refractivity contribution is 0.131. The monoisotopic (exact) mass is 382 g/mol. The number of hydrogen-bond donors (Lipinski definition) is 1. The van der Waals surface area contributed by atoms with Crippen molar-refractivity contribution in [3.63, 3.8) is 0 Å². The molecule has 4 rings (SSSR count). The summed E-state index contributed by atoms with van der Waals surface area (Å²) in [6.45, 7) is 10.7. The van der Waals surface area contributed by atoms with Gasteiger partial charge < -0.3 is 14.8 Å². The third-order valence-corrected chi connectivity index (χ3v) is 5.63. The third-order valence-electron chi connectivity index (χ3n) is 5.63. The van der Waals surface area contributed by atoms with Crippen molar-refractivity contribution < 1.29 is 9.47 Å². The minimum absolute atomic E-state index is 0.268. The average Bonchev–Trinajstić information content (AvgIpc) is 2.71. The fourth-order valence-corrected chi connectivity index (χ4v) is 4.18. The highest BCUT2D eigenvalue weighted by molar-refractivity contribution is 5.45. The van der Waals surface area contributed by atoms with Crippen molar-refractivity contribution in [1.82, 2.24) is 14.9 Å². The first-order valence-electron chi connectivity index (χ1n) is 10.3. The molecule has 6 nitrogen and oxygen atoms in total. The number of pyridine rings is 2. The Hall–Kier alpha value is -2.34. The largest absolute Gasteiger partial charge is 0.484 e. The van der Waals surface area contributed by atoms with E-state index in [0.717, 1.165) is 42.5 Å². The molecule has 0 spiro atoms. The van der Waals surface area contributed by atoms with Crippen molar-refractivity contribution in [2.24, 2.45) is 5.92 Å². The maximum absolute atomic E-state index is 5.66. The Labute approximate surface area is 167 Å². The molecule has 0 aliphatic carbocycles. The van der Waals surface area contributed by atoms with Crippen LogP contribution in [0.5, 0.6) is 11.6 Å². The Balaban J connectivity index is 1.37. The molecule has 6 heteroatoms. The van der Waals surface area contributed by atoms with Crippen LogP contribution in [0.4, 0.5) is 5.69 Å². The molecule has 0 bridgehead atoms. The maximum atomic E-state index is 5.66. The number of anilines is 1. The number of nitrogens with zero attached hydrogens (tertiary/aromatic N) is 3. The molecule has 0 radical (unpaired) electrons. The first kappa shape index (κ1) is 19.0. The number of likely N-dealkylation sites (tertiary alicyclic amines) is 1. The minimum Gasteiger partial charge on any atom is -0.484 e. The summed E-state index contributed by atoms with van der Waals surface area (Å²) in [7, 11) is 0. The summed E-state index contributed by atoms with van der Waals surface area (Å²) in [5.74, 6) is 2.02.